The summed E-state index contributed by atoms with van der Waals surface area (Å²) in [6.07, 6.45) is 14.4. The minimum absolute atomic E-state index is 0.253. The Morgan fingerprint density at radius 2 is 1.68 bits per heavy atom. The van der Waals surface area contributed by atoms with Crippen molar-refractivity contribution < 1.29 is 13.2 Å². The smallest absolute Gasteiger partial charge is 0.241 e. The highest BCUT2D eigenvalue weighted by Crippen LogP contribution is 2.60. The Labute approximate surface area is 219 Å². The first-order valence-corrected chi connectivity index (χ1v) is 15.1. The van der Waals surface area contributed by atoms with Gasteiger partial charge in [0.1, 0.15) is 6.54 Å². The van der Waals surface area contributed by atoms with Crippen LogP contribution in [0.1, 0.15) is 49.7 Å². The molecule has 2 aromatic carbocycles. The lowest BCUT2D eigenvalue weighted by molar-refractivity contribution is -0.119. The van der Waals surface area contributed by atoms with E-state index >= 15 is 0 Å². The maximum absolute atomic E-state index is 12.9. The van der Waals surface area contributed by atoms with Crippen molar-refractivity contribution in [3.05, 3.63) is 78.4 Å². The van der Waals surface area contributed by atoms with Crippen LogP contribution in [0.2, 0.25) is 0 Å². The second-order valence-corrected chi connectivity index (χ2v) is 13.3. The van der Waals surface area contributed by atoms with Crippen molar-refractivity contribution in [3.8, 4) is 5.69 Å². The van der Waals surface area contributed by atoms with Gasteiger partial charge in [-0.15, -0.1) is 0 Å². The second-order valence-electron chi connectivity index (χ2n) is 11.4. The van der Waals surface area contributed by atoms with Gasteiger partial charge < -0.3 is 9.88 Å². The molecule has 1 amide bonds. The number of imidazole rings is 1. The third-order valence-electron chi connectivity index (χ3n) is 8.74. The minimum Gasteiger partial charge on any atom is -0.350 e. The summed E-state index contributed by atoms with van der Waals surface area (Å²) in [4.78, 5) is 17.0. The summed E-state index contributed by atoms with van der Waals surface area (Å²) in [5.74, 6) is 2.19. The number of nitrogens with one attached hydrogen (secondary N) is 1. The van der Waals surface area contributed by atoms with Crippen molar-refractivity contribution in [3.63, 3.8) is 0 Å². The molecule has 3 aromatic rings. The number of hydrogen-bond acceptors (Lipinski definition) is 4. The Hall–Kier alpha value is -3.13. The summed E-state index contributed by atoms with van der Waals surface area (Å²) >= 11 is 0. The van der Waals surface area contributed by atoms with Crippen molar-refractivity contribution in [2.75, 3.05) is 17.1 Å². The predicted molar refractivity (Wildman–Crippen MR) is 144 cm³/mol. The zero-order chi connectivity index (χ0) is 25.6. The predicted octanol–water partition coefficient (Wildman–Crippen LogP) is 4.42. The molecule has 4 fully saturated rings. The van der Waals surface area contributed by atoms with Crippen LogP contribution in [0.3, 0.4) is 0 Å². The standard InChI is InChI=1S/C29H34N4O3S/c1-37(35,36)33(19-28(34)31-18-24-4-2-3-5-27(24)32-11-10-30-20-32)26-8-6-25(7-9-26)29-15-21-12-22(16-29)14-23(13-21)17-29/h2-11,20-23H,12-19H2,1H3,(H,31,34). The molecule has 1 N–H and O–H groups in total. The van der Waals surface area contributed by atoms with Crippen molar-refractivity contribution in [1.82, 2.24) is 14.9 Å². The number of carbonyl (C=O) groups excluding carboxylic acids is 1. The number of nitrogens with zero attached hydrogens (tertiary/aromatic N) is 3. The van der Waals surface area contributed by atoms with Crippen LogP contribution >= 0.6 is 0 Å². The van der Waals surface area contributed by atoms with Gasteiger partial charge in [-0.05, 0) is 91.0 Å². The van der Waals surface area contributed by atoms with Gasteiger partial charge in [0, 0.05) is 18.9 Å². The quantitative estimate of drug-likeness (QED) is 0.478. The summed E-state index contributed by atoms with van der Waals surface area (Å²) < 4.78 is 28.5. The molecule has 0 spiro atoms. The topological polar surface area (TPSA) is 84.3 Å². The Kier molecular flexibility index (Phi) is 6.10. The zero-order valence-corrected chi connectivity index (χ0v) is 22.0. The molecule has 194 valence electrons. The van der Waals surface area contributed by atoms with Gasteiger partial charge in [0.15, 0.2) is 0 Å². The molecular formula is C29H34N4O3S. The number of benzene rings is 2. The Balaban J connectivity index is 1.16. The molecule has 4 saturated carbocycles. The van der Waals surface area contributed by atoms with E-state index in [1.807, 2.05) is 47.2 Å². The monoisotopic (exact) mass is 518 g/mol. The lowest BCUT2D eigenvalue weighted by Gasteiger charge is -2.57. The molecule has 4 aliphatic carbocycles. The Morgan fingerprint density at radius 1 is 1.03 bits per heavy atom. The van der Waals surface area contributed by atoms with Crippen LogP contribution in [0.5, 0.6) is 0 Å². The molecule has 0 unspecified atom stereocenters. The average Bonchev–Trinajstić information content (AvgIpc) is 3.40. The molecule has 0 atom stereocenters. The third kappa shape index (κ3) is 4.79. The highest BCUT2D eigenvalue weighted by atomic mass is 32.2. The van der Waals surface area contributed by atoms with Crippen molar-refractivity contribution in [1.29, 1.82) is 0 Å². The number of anilines is 1. The lowest BCUT2D eigenvalue weighted by Crippen LogP contribution is -2.48. The van der Waals surface area contributed by atoms with Gasteiger partial charge in [0.25, 0.3) is 0 Å². The molecule has 8 heteroatoms. The zero-order valence-electron chi connectivity index (χ0n) is 21.2. The van der Waals surface area contributed by atoms with Crippen LogP contribution in [-0.2, 0) is 26.8 Å². The van der Waals surface area contributed by atoms with Crippen LogP contribution in [0.4, 0.5) is 5.69 Å². The van der Waals surface area contributed by atoms with E-state index in [0.29, 0.717) is 5.69 Å². The van der Waals surface area contributed by atoms with Gasteiger partial charge in [-0.25, -0.2) is 13.4 Å². The number of para-hydroxylation sites is 1. The molecule has 7 nitrogen and oxygen atoms in total. The van der Waals surface area contributed by atoms with Crippen LogP contribution in [-0.4, -0.2) is 36.7 Å². The van der Waals surface area contributed by atoms with Gasteiger partial charge in [-0.1, -0.05) is 30.3 Å². The van der Waals surface area contributed by atoms with E-state index in [1.165, 1.54) is 48.4 Å². The molecule has 0 saturated heterocycles. The van der Waals surface area contributed by atoms with E-state index < -0.39 is 10.0 Å². The first-order valence-electron chi connectivity index (χ1n) is 13.2. The normalized spacial score (nSPS) is 26.2. The van der Waals surface area contributed by atoms with E-state index in [2.05, 4.69) is 22.4 Å². The molecule has 1 aromatic heterocycles. The van der Waals surface area contributed by atoms with Gasteiger partial charge in [0.05, 0.1) is 24.0 Å². The fourth-order valence-electron chi connectivity index (χ4n) is 7.54. The van der Waals surface area contributed by atoms with E-state index in [-0.39, 0.29) is 24.4 Å². The van der Waals surface area contributed by atoms with Crippen LogP contribution in [0.25, 0.3) is 5.69 Å². The minimum atomic E-state index is -3.64. The first-order chi connectivity index (χ1) is 17.8. The molecule has 37 heavy (non-hydrogen) atoms. The molecule has 0 aliphatic heterocycles. The molecule has 4 aliphatic rings. The van der Waals surface area contributed by atoms with Crippen LogP contribution < -0.4 is 9.62 Å². The lowest BCUT2D eigenvalue weighted by atomic mass is 9.48. The van der Waals surface area contributed by atoms with Crippen molar-refractivity contribution >= 4 is 21.6 Å². The molecule has 0 radical (unpaired) electrons. The second kappa shape index (κ2) is 9.31. The molecule has 1 heterocycles. The van der Waals surface area contributed by atoms with Crippen LogP contribution in [0.15, 0.2) is 67.3 Å². The maximum Gasteiger partial charge on any atom is 0.241 e. The van der Waals surface area contributed by atoms with E-state index in [9.17, 15) is 13.2 Å². The van der Waals surface area contributed by atoms with E-state index in [4.69, 9.17) is 0 Å². The van der Waals surface area contributed by atoms with Crippen molar-refractivity contribution in [2.45, 2.75) is 50.5 Å². The summed E-state index contributed by atoms with van der Waals surface area (Å²) in [7, 11) is -3.64. The third-order valence-corrected chi connectivity index (χ3v) is 9.88. The number of rotatable bonds is 8. The van der Waals surface area contributed by atoms with Gasteiger partial charge in [-0.3, -0.25) is 9.10 Å². The number of carbonyl (C=O) groups is 1. The Bertz CT molecular complexity index is 1350. The first kappa shape index (κ1) is 24.2. The molecule has 7 rings (SSSR count). The highest BCUT2D eigenvalue weighted by Gasteiger charge is 2.51. The number of hydrogen-bond donors (Lipinski definition) is 1. The van der Waals surface area contributed by atoms with Gasteiger partial charge >= 0.3 is 0 Å². The largest absolute Gasteiger partial charge is 0.350 e. The average molecular weight is 519 g/mol. The maximum atomic E-state index is 12.9. The van der Waals surface area contributed by atoms with Gasteiger partial charge in [-0.2, -0.15) is 0 Å². The number of amides is 1. The van der Waals surface area contributed by atoms with Gasteiger partial charge in [0.2, 0.25) is 15.9 Å². The summed E-state index contributed by atoms with van der Waals surface area (Å²) in [6.45, 7) is 0.0263. The van der Waals surface area contributed by atoms with E-state index in [1.54, 1.807) is 12.5 Å². The summed E-state index contributed by atoms with van der Waals surface area (Å²) in [5.41, 5.74) is 3.96. The summed E-state index contributed by atoms with van der Waals surface area (Å²) in [6, 6.07) is 15.7. The molecular weight excluding hydrogens is 484 g/mol. The van der Waals surface area contributed by atoms with E-state index in [0.717, 1.165) is 35.3 Å². The Morgan fingerprint density at radius 3 is 2.27 bits per heavy atom. The van der Waals surface area contributed by atoms with Crippen LogP contribution in [0, 0.1) is 17.8 Å². The van der Waals surface area contributed by atoms with Crippen molar-refractivity contribution in [2.24, 2.45) is 17.8 Å². The fourth-order valence-corrected chi connectivity index (χ4v) is 8.40. The number of aromatic nitrogens is 2. The highest BCUT2D eigenvalue weighted by molar-refractivity contribution is 7.92. The summed E-state index contributed by atoms with van der Waals surface area (Å²) in [5, 5.41) is 2.90. The SMILES string of the molecule is CS(=O)(=O)N(CC(=O)NCc1ccccc1-n1ccnc1)c1ccc(C23CC4CC(CC(C4)C2)C3)cc1. The number of sulfonamides is 1. The molecule has 4 bridgehead atoms. The fraction of sp³-hybridized carbons (Fsp3) is 0.448.